The zero-order valence-electron chi connectivity index (χ0n) is 8.57. The molecule has 0 amide bonds. The fourth-order valence-electron chi connectivity index (χ4n) is 0.333. The van der Waals surface area contributed by atoms with E-state index in [1.807, 2.05) is 27.7 Å². The average molecular weight is 144 g/mol. The van der Waals surface area contributed by atoms with E-state index in [0.29, 0.717) is 0 Å². The molecule has 0 aliphatic carbocycles. The maximum atomic E-state index is 2.18. The topological polar surface area (TPSA) is 0 Å². The van der Waals surface area contributed by atoms with Crippen LogP contribution in [0.4, 0.5) is 0 Å². The van der Waals surface area contributed by atoms with E-state index in [0.717, 1.165) is 0 Å². The molecule has 0 heterocycles. The van der Waals surface area contributed by atoms with Gasteiger partial charge >= 0.3 is 0 Å². The molecule has 0 bridgehead atoms. The first-order valence-electron chi connectivity index (χ1n) is 4.53. The first kappa shape index (κ1) is 16.4. The molecule has 0 nitrogen and oxygen atoms in total. The summed E-state index contributed by atoms with van der Waals surface area (Å²) in [5.41, 5.74) is 0. The summed E-state index contributed by atoms with van der Waals surface area (Å²) in [4.78, 5) is 0. The molecule has 0 aliphatic heterocycles. The van der Waals surface area contributed by atoms with Crippen LogP contribution in [0, 0.1) is 0 Å². The van der Waals surface area contributed by atoms with Gasteiger partial charge in [-0.3, -0.25) is 0 Å². The Morgan fingerprint density at radius 1 is 1.00 bits per heavy atom. The maximum absolute atomic E-state index is 2.18. The van der Waals surface area contributed by atoms with E-state index in [4.69, 9.17) is 0 Å². The van der Waals surface area contributed by atoms with Crippen molar-refractivity contribution < 1.29 is 0 Å². The Hall–Kier alpha value is -0.260. The van der Waals surface area contributed by atoms with Crippen molar-refractivity contribution in [2.24, 2.45) is 0 Å². The van der Waals surface area contributed by atoms with Gasteiger partial charge in [-0.1, -0.05) is 53.2 Å². The second kappa shape index (κ2) is 37.4. The molecule has 0 atom stereocenters. The van der Waals surface area contributed by atoms with Crippen LogP contribution in [0.5, 0.6) is 0 Å². The second-order valence-electron chi connectivity index (χ2n) is 1.36. The molecule has 0 saturated carbocycles. The lowest BCUT2D eigenvalue weighted by Gasteiger charge is -1.76. The van der Waals surface area contributed by atoms with Gasteiger partial charge in [0.25, 0.3) is 0 Å². The third kappa shape index (κ3) is 46.8. The SMILES string of the molecule is C/C=C/CCC.CC.CC. The fraction of sp³-hybridized carbons (Fsp3) is 0.800. The minimum Gasteiger partial charge on any atom is -0.0917 e. The van der Waals surface area contributed by atoms with Crippen molar-refractivity contribution in [2.75, 3.05) is 0 Å². The van der Waals surface area contributed by atoms with Crippen molar-refractivity contribution in [3.8, 4) is 0 Å². The van der Waals surface area contributed by atoms with Gasteiger partial charge in [-0.25, -0.2) is 0 Å². The molecule has 10 heavy (non-hydrogen) atoms. The minimum atomic E-state index is 1.23. The average Bonchev–Trinajstić information content (AvgIpc) is 2.08. The van der Waals surface area contributed by atoms with E-state index in [1.54, 1.807) is 0 Å². The molecule has 0 fully saturated rings. The van der Waals surface area contributed by atoms with Crippen LogP contribution in [-0.2, 0) is 0 Å². The van der Waals surface area contributed by atoms with E-state index >= 15 is 0 Å². The molecule has 0 radical (unpaired) electrons. The van der Waals surface area contributed by atoms with Gasteiger partial charge in [0, 0.05) is 0 Å². The van der Waals surface area contributed by atoms with Crippen LogP contribution in [0.25, 0.3) is 0 Å². The van der Waals surface area contributed by atoms with E-state index in [-0.39, 0.29) is 0 Å². The van der Waals surface area contributed by atoms with Gasteiger partial charge in [-0.15, -0.1) is 0 Å². The normalized spacial score (nSPS) is 7.40. The van der Waals surface area contributed by atoms with E-state index in [1.165, 1.54) is 12.8 Å². The van der Waals surface area contributed by atoms with Crippen molar-refractivity contribution in [3.05, 3.63) is 12.2 Å². The predicted molar refractivity (Wildman–Crippen MR) is 52.4 cm³/mol. The largest absolute Gasteiger partial charge is 0.0917 e. The lowest BCUT2D eigenvalue weighted by atomic mass is 10.3. The Bertz CT molecular complexity index is 35.3. The van der Waals surface area contributed by atoms with Crippen molar-refractivity contribution in [1.29, 1.82) is 0 Å². The van der Waals surface area contributed by atoms with Crippen LogP contribution in [0.15, 0.2) is 12.2 Å². The van der Waals surface area contributed by atoms with Crippen LogP contribution in [0.2, 0.25) is 0 Å². The van der Waals surface area contributed by atoms with Gasteiger partial charge < -0.3 is 0 Å². The zero-order chi connectivity index (χ0) is 8.83. The van der Waals surface area contributed by atoms with Crippen LogP contribution >= 0.6 is 0 Å². The number of allylic oxidation sites excluding steroid dienone is 2. The highest BCUT2D eigenvalue weighted by Gasteiger charge is 1.64. The first-order valence-corrected chi connectivity index (χ1v) is 4.53. The number of unbranched alkanes of at least 4 members (excludes halogenated alkanes) is 1. The third-order valence-corrected chi connectivity index (χ3v) is 0.691. The predicted octanol–water partition coefficient (Wildman–Crippen LogP) is 4.42. The summed E-state index contributed by atoms with van der Waals surface area (Å²) in [6, 6.07) is 0. The van der Waals surface area contributed by atoms with Gasteiger partial charge in [-0.05, 0) is 13.3 Å². The molecule has 0 heteroatoms. The van der Waals surface area contributed by atoms with E-state index < -0.39 is 0 Å². The molecule has 0 N–H and O–H groups in total. The molecular weight excluding hydrogens is 120 g/mol. The van der Waals surface area contributed by atoms with Crippen LogP contribution in [-0.4, -0.2) is 0 Å². The van der Waals surface area contributed by atoms with Crippen LogP contribution in [0.1, 0.15) is 54.4 Å². The highest BCUT2D eigenvalue weighted by molar-refractivity contribution is 4.75. The Morgan fingerprint density at radius 2 is 1.40 bits per heavy atom. The summed E-state index contributed by atoms with van der Waals surface area (Å²) < 4.78 is 0. The molecule has 0 saturated heterocycles. The number of rotatable bonds is 2. The van der Waals surface area contributed by atoms with Gasteiger partial charge in [0.05, 0.1) is 0 Å². The Kier molecular flexibility index (Phi) is 61.3. The first-order chi connectivity index (χ1) is 4.91. The quantitative estimate of drug-likeness (QED) is 0.503. The Labute approximate surface area is 67.3 Å². The summed E-state index contributed by atoms with van der Waals surface area (Å²) in [5.74, 6) is 0. The van der Waals surface area contributed by atoms with Crippen molar-refractivity contribution in [1.82, 2.24) is 0 Å². The highest BCUT2D eigenvalue weighted by atomic mass is 13.7. The molecular formula is C10H24. The molecule has 0 unspecified atom stereocenters. The highest BCUT2D eigenvalue weighted by Crippen LogP contribution is 1.85. The minimum absolute atomic E-state index is 1.23. The summed E-state index contributed by atoms with van der Waals surface area (Å²) in [6.07, 6.45) is 6.77. The molecule has 64 valence electrons. The monoisotopic (exact) mass is 144 g/mol. The van der Waals surface area contributed by atoms with Crippen LogP contribution in [0.3, 0.4) is 0 Å². The van der Waals surface area contributed by atoms with Gasteiger partial charge in [0.15, 0.2) is 0 Å². The standard InChI is InChI=1S/C6H12.2C2H6/c1-3-5-6-4-2;2*1-2/h3,5H,4,6H2,1-2H3;2*1-2H3/b5-3+;;. The molecule has 0 aromatic rings. The molecule has 0 spiro atoms. The number of hydrogen-bond acceptors (Lipinski definition) is 0. The molecule has 0 aliphatic rings. The summed E-state index contributed by atoms with van der Waals surface area (Å²) in [5, 5.41) is 0. The van der Waals surface area contributed by atoms with Gasteiger partial charge in [0.2, 0.25) is 0 Å². The fourth-order valence-corrected chi connectivity index (χ4v) is 0.333. The lowest BCUT2D eigenvalue weighted by Crippen LogP contribution is -1.55. The summed E-state index contributed by atoms with van der Waals surface area (Å²) in [7, 11) is 0. The number of hydrogen-bond donors (Lipinski definition) is 0. The maximum Gasteiger partial charge on any atom is -0.0353 e. The lowest BCUT2D eigenvalue weighted by molar-refractivity contribution is 0.957. The van der Waals surface area contributed by atoms with Crippen LogP contribution < -0.4 is 0 Å². The van der Waals surface area contributed by atoms with E-state index in [9.17, 15) is 0 Å². The second-order valence-corrected chi connectivity index (χ2v) is 1.36. The Balaban J connectivity index is -0.000000105. The van der Waals surface area contributed by atoms with Crippen molar-refractivity contribution in [3.63, 3.8) is 0 Å². The summed E-state index contributed by atoms with van der Waals surface area (Å²) >= 11 is 0. The van der Waals surface area contributed by atoms with Crippen molar-refractivity contribution in [2.45, 2.75) is 54.4 Å². The van der Waals surface area contributed by atoms with Gasteiger partial charge in [-0.2, -0.15) is 0 Å². The van der Waals surface area contributed by atoms with Crippen molar-refractivity contribution >= 4 is 0 Å². The third-order valence-electron chi connectivity index (χ3n) is 0.691. The molecule has 0 rings (SSSR count). The zero-order valence-corrected chi connectivity index (χ0v) is 8.57. The smallest absolute Gasteiger partial charge is 0.0353 e. The van der Waals surface area contributed by atoms with Gasteiger partial charge in [0.1, 0.15) is 0 Å². The van der Waals surface area contributed by atoms with E-state index in [2.05, 4.69) is 26.0 Å². The Morgan fingerprint density at radius 3 is 1.50 bits per heavy atom. The summed E-state index contributed by atoms with van der Waals surface area (Å²) in [6.45, 7) is 12.2. The molecule has 0 aromatic carbocycles. The molecule has 0 aromatic heterocycles.